The molecule has 0 unspecified atom stereocenters. The molecule has 0 aromatic heterocycles. The lowest BCUT2D eigenvalue weighted by Crippen LogP contribution is -2.45. The van der Waals surface area contributed by atoms with Gasteiger partial charge in [0.05, 0.1) is 6.04 Å². The van der Waals surface area contributed by atoms with Crippen molar-refractivity contribution in [1.29, 1.82) is 0 Å². The topological polar surface area (TPSA) is 44.7 Å². The van der Waals surface area contributed by atoms with Gasteiger partial charge in [0.15, 0.2) is 0 Å². The van der Waals surface area contributed by atoms with E-state index in [2.05, 4.69) is 29.5 Å². The Kier molecular flexibility index (Phi) is 5.13. The van der Waals surface area contributed by atoms with E-state index in [1.807, 2.05) is 0 Å². The summed E-state index contributed by atoms with van der Waals surface area (Å²) in [6.45, 7) is 0. The van der Waals surface area contributed by atoms with E-state index in [-0.39, 0.29) is 6.04 Å². The maximum Gasteiger partial charge on any atom is 0.0921 e. The van der Waals surface area contributed by atoms with Crippen LogP contribution in [0.25, 0.3) is 0 Å². The molecule has 0 aliphatic heterocycles. The van der Waals surface area contributed by atoms with Crippen LogP contribution in [-0.2, 0) is 0 Å². The molecular formula is C14H27N3O. The van der Waals surface area contributed by atoms with E-state index in [4.69, 9.17) is 0 Å². The molecule has 2 saturated carbocycles. The van der Waals surface area contributed by atoms with E-state index in [0.29, 0.717) is 12.1 Å². The Balaban J connectivity index is 1.67. The summed E-state index contributed by atoms with van der Waals surface area (Å²) >= 11 is 0. The first-order valence-corrected chi connectivity index (χ1v) is 7.44. The summed E-state index contributed by atoms with van der Waals surface area (Å²) in [6, 6.07) is 2.20. The van der Waals surface area contributed by atoms with Gasteiger partial charge in [-0.3, -0.25) is 0 Å². The molecule has 18 heavy (non-hydrogen) atoms. The van der Waals surface area contributed by atoms with Gasteiger partial charge in [-0.15, -0.1) is 0 Å². The Morgan fingerprint density at radius 2 is 1.39 bits per heavy atom. The Bertz CT molecular complexity index is 254. The molecule has 0 saturated heterocycles. The molecular weight excluding hydrogens is 226 g/mol. The summed E-state index contributed by atoms with van der Waals surface area (Å²) < 4.78 is 0. The smallest absolute Gasteiger partial charge is 0.0921 e. The maximum absolute atomic E-state index is 10.5. The van der Waals surface area contributed by atoms with Gasteiger partial charge in [-0.2, -0.15) is 4.91 Å². The molecule has 1 N–H and O–H groups in total. The standard InChI is InChI=1S/C14H27N3O/c1-17(2)14-9-7-12(8-10-14)15-11-3-5-13(16-18)6-4-11/h11-15H,3-10H2,1-2H3. The van der Waals surface area contributed by atoms with Crippen LogP contribution in [0.2, 0.25) is 0 Å². The van der Waals surface area contributed by atoms with E-state index in [0.717, 1.165) is 31.7 Å². The molecule has 0 heterocycles. The highest BCUT2D eigenvalue weighted by Crippen LogP contribution is 2.25. The minimum absolute atomic E-state index is 0.0903. The molecule has 0 aromatic rings. The Morgan fingerprint density at radius 1 is 0.889 bits per heavy atom. The lowest BCUT2D eigenvalue weighted by molar-refractivity contribution is 0.191. The van der Waals surface area contributed by atoms with Crippen LogP contribution >= 0.6 is 0 Å². The fourth-order valence-electron chi connectivity index (χ4n) is 3.44. The maximum atomic E-state index is 10.5. The van der Waals surface area contributed by atoms with Gasteiger partial charge in [0, 0.05) is 18.1 Å². The molecule has 4 heteroatoms. The number of nitroso groups, excluding NO2 is 1. The van der Waals surface area contributed by atoms with Crippen molar-refractivity contribution in [2.45, 2.75) is 75.5 Å². The first kappa shape index (κ1) is 13.9. The zero-order chi connectivity index (χ0) is 13.0. The molecule has 2 rings (SSSR count). The largest absolute Gasteiger partial charge is 0.311 e. The van der Waals surface area contributed by atoms with Crippen LogP contribution in [0.5, 0.6) is 0 Å². The number of nitrogens with zero attached hydrogens (tertiary/aromatic N) is 2. The van der Waals surface area contributed by atoms with E-state index in [9.17, 15) is 4.91 Å². The van der Waals surface area contributed by atoms with Crippen molar-refractivity contribution in [2.24, 2.45) is 5.18 Å². The van der Waals surface area contributed by atoms with Gasteiger partial charge >= 0.3 is 0 Å². The number of hydrogen-bond acceptors (Lipinski definition) is 4. The van der Waals surface area contributed by atoms with Crippen molar-refractivity contribution in [2.75, 3.05) is 14.1 Å². The monoisotopic (exact) mass is 253 g/mol. The third kappa shape index (κ3) is 3.75. The molecule has 0 bridgehead atoms. The highest BCUT2D eigenvalue weighted by atomic mass is 16.3. The molecule has 0 radical (unpaired) electrons. The second-order valence-corrected chi connectivity index (χ2v) is 6.25. The molecule has 2 fully saturated rings. The number of rotatable bonds is 4. The second-order valence-electron chi connectivity index (χ2n) is 6.25. The van der Waals surface area contributed by atoms with Gasteiger partial charge in [-0.05, 0) is 65.5 Å². The summed E-state index contributed by atoms with van der Waals surface area (Å²) in [5.74, 6) is 0. The first-order valence-electron chi connectivity index (χ1n) is 7.44. The molecule has 0 spiro atoms. The van der Waals surface area contributed by atoms with Crippen LogP contribution in [0, 0.1) is 4.91 Å². The van der Waals surface area contributed by atoms with E-state index < -0.39 is 0 Å². The Morgan fingerprint density at radius 3 is 1.83 bits per heavy atom. The normalized spacial score (nSPS) is 37.7. The molecule has 4 nitrogen and oxygen atoms in total. The molecule has 2 aliphatic rings. The van der Waals surface area contributed by atoms with Crippen molar-refractivity contribution >= 4 is 0 Å². The van der Waals surface area contributed by atoms with Crippen molar-refractivity contribution in [3.63, 3.8) is 0 Å². The van der Waals surface area contributed by atoms with Crippen LogP contribution in [0.15, 0.2) is 5.18 Å². The minimum atomic E-state index is 0.0903. The summed E-state index contributed by atoms with van der Waals surface area (Å²) in [7, 11) is 4.37. The second kappa shape index (κ2) is 6.62. The molecule has 0 amide bonds. The molecule has 104 valence electrons. The van der Waals surface area contributed by atoms with Crippen LogP contribution in [-0.4, -0.2) is 43.2 Å². The highest BCUT2D eigenvalue weighted by molar-refractivity contribution is 4.86. The highest BCUT2D eigenvalue weighted by Gasteiger charge is 2.26. The fourth-order valence-corrected chi connectivity index (χ4v) is 3.44. The average molecular weight is 253 g/mol. The molecule has 0 aromatic carbocycles. The minimum Gasteiger partial charge on any atom is -0.311 e. The van der Waals surface area contributed by atoms with Crippen molar-refractivity contribution in [1.82, 2.24) is 10.2 Å². The van der Waals surface area contributed by atoms with Crippen LogP contribution < -0.4 is 5.32 Å². The van der Waals surface area contributed by atoms with Crippen molar-refractivity contribution in [3.05, 3.63) is 4.91 Å². The summed E-state index contributed by atoms with van der Waals surface area (Å²) in [4.78, 5) is 12.8. The molecule has 2 aliphatic carbocycles. The lowest BCUT2D eigenvalue weighted by atomic mass is 9.87. The van der Waals surface area contributed by atoms with Crippen molar-refractivity contribution < 1.29 is 0 Å². The van der Waals surface area contributed by atoms with Gasteiger partial charge in [-0.25, -0.2) is 0 Å². The third-order valence-corrected chi connectivity index (χ3v) is 4.74. The SMILES string of the molecule is CN(C)C1CCC(NC2CCC(N=O)CC2)CC1. The summed E-state index contributed by atoms with van der Waals surface area (Å²) in [5, 5.41) is 6.97. The van der Waals surface area contributed by atoms with Crippen LogP contribution in [0.1, 0.15) is 51.4 Å². The van der Waals surface area contributed by atoms with E-state index >= 15 is 0 Å². The zero-order valence-corrected chi connectivity index (χ0v) is 11.8. The molecule has 0 atom stereocenters. The zero-order valence-electron chi connectivity index (χ0n) is 11.8. The predicted molar refractivity (Wildman–Crippen MR) is 74.7 cm³/mol. The van der Waals surface area contributed by atoms with E-state index in [1.54, 1.807) is 0 Å². The van der Waals surface area contributed by atoms with Gasteiger partial charge < -0.3 is 10.2 Å². The fraction of sp³-hybridized carbons (Fsp3) is 1.00. The Hall–Kier alpha value is -0.480. The van der Waals surface area contributed by atoms with Gasteiger partial charge in [-0.1, -0.05) is 5.18 Å². The van der Waals surface area contributed by atoms with Crippen molar-refractivity contribution in [3.8, 4) is 0 Å². The summed E-state index contributed by atoms with van der Waals surface area (Å²) in [5.41, 5.74) is 0. The van der Waals surface area contributed by atoms with Crippen LogP contribution in [0.3, 0.4) is 0 Å². The van der Waals surface area contributed by atoms with Gasteiger partial charge in [0.1, 0.15) is 0 Å². The van der Waals surface area contributed by atoms with Crippen LogP contribution in [0.4, 0.5) is 0 Å². The first-order chi connectivity index (χ1) is 8.69. The van der Waals surface area contributed by atoms with E-state index in [1.165, 1.54) is 25.7 Å². The number of nitrogens with one attached hydrogen (secondary N) is 1. The quantitative estimate of drug-likeness (QED) is 0.783. The number of hydrogen-bond donors (Lipinski definition) is 1. The average Bonchev–Trinajstić information content (AvgIpc) is 2.40. The predicted octanol–water partition coefficient (Wildman–Crippen LogP) is 2.53. The lowest BCUT2D eigenvalue weighted by Gasteiger charge is -2.36. The third-order valence-electron chi connectivity index (χ3n) is 4.74. The Labute approximate surface area is 110 Å². The van der Waals surface area contributed by atoms with Gasteiger partial charge in [0.2, 0.25) is 0 Å². The van der Waals surface area contributed by atoms with Gasteiger partial charge in [0.25, 0.3) is 0 Å². The summed E-state index contributed by atoms with van der Waals surface area (Å²) in [6.07, 6.45) is 9.45.